The van der Waals surface area contributed by atoms with Crippen LogP contribution in [0.5, 0.6) is 5.75 Å². The molecule has 3 rings (SSSR count). The van der Waals surface area contributed by atoms with E-state index in [9.17, 15) is 4.79 Å². The summed E-state index contributed by atoms with van der Waals surface area (Å²) < 4.78 is 5.26. The Labute approximate surface area is 135 Å². The van der Waals surface area contributed by atoms with Gasteiger partial charge in [0.15, 0.2) is 0 Å². The predicted octanol–water partition coefficient (Wildman–Crippen LogP) is 2.29. The Kier molecular flexibility index (Phi) is 4.19. The topological polar surface area (TPSA) is 67.6 Å². The SMILES string of the molecule is COc1cc(N)c(Cl)cc1C(=O)N[C@H]1C[C@H]2CC[C@@H](C1)N2C. The van der Waals surface area contributed by atoms with Gasteiger partial charge in [0.2, 0.25) is 0 Å². The summed E-state index contributed by atoms with van der Waals surface area (Å²) in [7, 11) is 3.71. The zero-order valence-corrected chi connectivity index (χ0v) is 13.7. The van der Waals surface area contributed by atoms with E-state index < -0.39 is 0 Å². The van der Waals surface area contributed by atoms with Crippen LogP contribution in [-0.4, -0.2) is 43.1 Å². The number of hydrogen-bond acceptors (Lipinski definition) is 4. The molecule has 0 aliphatic carbocycles. The van der Waals surface area contributed by atoms with Crippen LogP contribution in [0.1, 0.15) is 36.0 Å². The highest BCUT2D eigenvalue weighted by molar-refractivity contribution is 6.33. The van der Waals surface area contributed by atoms with Crippen molar-refractivity contribution >= 4 is 23.2 Å². The second-order valence-corrected chi connectivity index (χ2v) is 6.67. The minimum absolute atomic E-state index is 0.146. The molecule has 2 fully saturated rings. The Hall–Kier alpha value is -1.46. The van der Waals surface area contributed by atoms with Gasteiger partial charge < -0.3 is 20.7 Å². The van der Waals surface area contributed by atoms with E-state index in [-0.39, 0.29) is 11.9 Å². The van der Waals surface area contributed by atoms with Crippen molar-refractivity contribution in [1.29, 1.82) is 0 Å². The average molecular weight is 324 g/mol. The number of nitrogens with two attached hydrogens (primary N) is 1. The van der Waals surface area contributed by atoms with E-state index in [1.54, 1.807) is 12.1 Å². The van der Waals surface area contributed by atoms with Crippen molar-refractivity contribution in [3.8, 4) is 5.75 Å². The number of benzene rings is 1. The molecule has 6 heteroatoms. The molecule has 120 valence electrons. The third-order valence-electron chi connectivity index (χ3n) is 5.00. The van der Waals surface area contributed by atoms with E-state index >= 15 is 0 Å². The molecule has 0 aromatic heterocycles. The van der Waals surface area contributed by atoms with Gasteiger partial charge in [0.05, 0.1) is 23.4 Å². The highest BCUT2D eigenvalue weighted by atomic mass is 35.5. The maximum absolute atomic E-state index is 12.6. The quantitative estimate of drug-likeness (QED) is 0.837. The predicted molar refractivity (Wildman–Crippen MR) is 87.5 cm³/mol. The van der Waals surface area contributed by atoms with Crippen molar-refractivity contribution in [2.45, 2.75) is 43.8 Å². The number of nitrogens with zero attached hydrogens (tertiary/aromatic N) is 1. The monoisotopic (exact) mass is 323 g/mol. The Morgan fingerprint density at radius 2 is 2.00 bits per heavy atom. The van der Waals surface area contributed by atoms with Gasteiger partial charge in [-0.05, 0) is 38.8 Å². The summed E-state index contributed by atoms with van der Waals surface area (Å²) in [6, 6.07) is 4.55. The van der Waals surface area contributed by atoms with Gasteiger partial charge in [0.25, 0.3) is 5.91 Å². The van der Waals surface area contributed by atoms with Crippen molar-refractivity contribution in [2.24, 2.45) is 0 Å². The fourth-order valence-corrected chi connectivity index (χ4v) is 3.87. The van der Waals surface area contributed by atoms with Crippen molar-refractivity contribution in [3.63, 3.8) is 0 Å². The Bertz CT molecular complexity index is 579. The van der Waals surface area contributed by atoms with Crippen LogP contribution in [-0.2, 0) is 0 Å². The molecule has 2 bridgehead atoms. The first-order valence-corrected chi connectivity index (χ1v) is 8.03. The standard InChI is InChI=1S/C16H22ClN3O2/c1-20-10-3-4-11(20)6-9(5-10)19-16(21)12-7-13(17)14(18)8-15(12)22-2/h7-11H,3-6,18H2,1-2H3,(H,19,21)/t9-,10+,11-. The fourth-order valence-electron chi connectivity index (χ4n) is 3.71. The van der Waals surface area contributed by atoms with Crippen molar-refractivity contribution < 1.29 is 9.53 Å². The molecule has 1 amide bonds. The lowest BCUT2D eigenvalue weighted by Gasteiger charge is -2.36. The average Bonchev–Trinajstić information content (AvgIpc) is 2.72. The lowest BCUT2D eigenvalue weighted by Crippen LogP contribution is -2.48. The number of anilines is 1. The number of carbonyl (C=O) groups excluding carboxylic acids is 1. The van der Waals surface area contributed by atoms with Crippen molar-refractivity contribution in [3.05, 3.63) is 22.7 Å². The molecule has 0 spiro atoms. The number of nitrogens with one attached hydrogen (secondary N) is 1. The molecule has 0 unspecified atom stereocenters. The van der Waals surface area contributed by atoms with Gasteiger partial charge in [-0.2, -0.15) is 0 Å². The third kappa shape index (κ3) is 2.75. The molecule has 2 aliphatic rings. The third-order valence-corrected chi connectivity index (χ3v) is 5.32. The minimum Gasteiger partial charge on any atom is -0.496 e. The van der Waals surface area contributed by atoms with Crippen LogP contribution in [0.25, 0.3) is 0 Å². The van der Waals surface area contributed by atoms with Crippen LogP contribution in [0.4, 0.5) is 5.69 Å². The summed E-state index contributed by atoms with van der Waals surface area (Å²) >= 11 is 6.04. The number of piperidine rings is 1. The highest BCUT2D eigenvalue weighted by Gasteiger charge is 2.39. The van der Waals surface area contributed by atoms with E-state index in [1.807, 2.05) is 0 Å². The van der Waals surface area contributed by atoms with Crippen LogP contribution in [0, 0.1) is 0 Å². The number of methoxy groups -OCH3 is 1. The molecule has 1 aromatic carbocycles. The summed E-state index contributed by atoms with van der Waals surface area (Å²) in [5, 5.41) is 3.50. The number of halogens is 1. The van der Waals surface area contributed by atoms with Gasteiger partial charge in [-0.15, -0.1) is 0 Å². The van der Waals surface area contributed by atoms with Crippen LogP contribution >= 0.6 is 11.6 Å². The van der Waals surface area contributed by atoms with E-state index in [4.69, 9.17) is 22.1 Å². The first-order chi connectivity index (χ1) is 10.5. The lowest BCUT2D eigenvalue weighted by atomic mass is 9.97. The Balaban J connectivity index is 1.74. The maximum atomic E-state index is 12.6. The minimum atomic E-state index is -0.146. The molecule has 1 aromatic rings. The van der Waals surface area contributed by atoms with Crippen LogP contribution in [0.3, 0.4) is 0 Å². The molecule has 3 atom stereocenters. The molecule has 2 aliphatic heterocycles. The van der Waals surface area contributed by atoms with Crippen LogP contribution in [0.15, 0.2) is 12.1 Å². The lowest BCUT2D eigenvalue weighted by molar-refractivity contribution is 0.0879. The number of hydrogen-bond donors (Lipinski definition) is 2. The summed E-state index contributed by atoms with van der Waals surface area (Å²) in [5.41, 5.74) is 6.61. The second-order valence-electron chi connectivity index (χ2n) is 6.27. The number of carbonyl (C=O) groups is 1. The number of fused-ring (bicyclic) bond motifs is 2. The maximum Gasteiger partial charge on any atom is 0.255 e. The van der Waals surface area contributed by atoms with Crippen LogP contribution in [0.2, 0.25) is 5.02 Å². The van der Waals surface area contributed by atoms with E-state index in [0.29, 0.717) is 34.1 Å². The van der Waals surface area contributed by atoms with E-state index in [2.05, 4.69) is 17.3 Å². The first-order valence-electron chi connectivity index (χ1n) is 7.65. The van der Waals surface area contributed by atoms with Gasteiger partial charge in [-0.25, -0.2) is 0 Å². The number of rotatable bonds is 3. The Morgan fingerprint density at radius 1 is 1.36 bits per heavy atom. The van der Waals surface area contributed by atoms with Crippen molar-refractivity contribution in [2.75, 3.05) is 19.9 Å². The summed E-state index contributed by atoms with van der Waals surface area (Å²) in [6.07, 6.45) is 4.46. The van der Waals surface area contributed by atoms with Crippen molar-refractivity contribution in [1.82, 2.24) is 10.2 Å². The summed E-state index contributed by atoms with van der Waals surface area (Å²) in [5.74, 6) is 0.308. The van der Waals surface area contributed by atoms with Gasteiger partial charge in [0.1, 0.15) is 5.75 Å². The molecular formula is C16H22ClN3O2. The summed E-state index contributed by atoms with van der Waals surface area (Å²) in [4.78, 5) is 15.0. The second kappa shape index (κ2) is 5.97. The molecule has 22 heavy (non-hydrogen) atoms. The number of nitrogen functional groups attached to an aromatic ring is 1. The van der Waals surface area contributed by atoms with Gasteiger partial charge in [0, 0.05) is 24.2 Å². The van der Waals surface area contributed by atoms with Crippen LogP contribution < -0.4 is 15.8 Å². The molecule has 0 radical (unpaired) electrons. The zero-order chi connectivity index (χ0) is 15.9. The first kappa shape index (κ1) is 15.4. The van der Waals surface area contributed by atoms with Gasteiger partial charge >= 0.3 is 0 Å². The molecule has 2 saturated heterocycles. The highest BCUT2D eigenvalue weighted by Crippen LogP contribution is 2.35. The molecule has 3 N–H and O–H groups in total. The Morgan fingerprint density at radius 3 is 2.59 bits per heavy atom. The molecule has 5 nitrogen and oxygen atoms in total. The largest absolute Gasteiger partial charge is 0.496 e. The summed E-state index contributed by atoms with van der Waals surface area (Å²) in [6.45, 7) is 0. The normalized spacial score (nSPS) is 27.7. The van der Waals surface area contributed by atoms with Gasteiger partial charge in [-0.1, -0.05) is 11.6 Å². The number of ether oxygens (including phenoxy) is 1. The smallest absolute Gasteiger partial charge is 0.255 e. The van der Waals surface area contributed by atoms with E-state index in [0.717, 1.165) is 12.8 Å². The van der Waals surface area contributed by atoms with E-state index in [1.165, 1.54) is 20.0 Å². The van der Waals surface area contributed by atoms with Gasteiger partial charge in [-0.3, -0.25) is 4.79 Å². The molecular weight excluding hydrogens is 302 g/mol. The fraction of sp³-hybridized carbons (Fsp3) is 0.562. The molecule has 0 saturated carbocycles. The number of amides is 1. The zero-order valence-electron chi connectivity index (χ0n) is 12.9. The molecule has 2 heterocycles.